The molecule has 0 saturated heterocycles. The van der Waals surface area contributed by atoms with Gasteiger partial charge in [-0.3, -0.25) is 9.48 Å². The van der Waals surface area contributed by atoms with Crippen molar-refractivity contribution >= 4 is 5.91 Å². The van der Waals surface area contributed by atoms with E-state index >= 15 is 0 Å². The molecule has 0 aliphatic heterocycles. The lowest BCUT2D eigenvalue weighted by molar-refractivity contribution is -0.121. The zero-order valence-corrected chi connectivity index (χ0v) is 11.8. The van der Waals surface area contributed by atoms with Crippen molar-refractivity contribution in [2.24, 2.45) is 7.05 Å². The number of hydrogen-bond acceptors (Lipinski definition) is 5. The normalized spacial score (nSPS) is 12.3. The number of carbonyl (C=O) groups excluding carboxylic acids is 1. The third-order valence-corrected chi connectivity index (χ3v) is 2.90. The van der Waals surface area contributed by atoms with Crippen LogP contribution in [-0.4, -0.2) is 34.6 Å². The molecule has 0 aliphatic carbocycles. The third-order valence-electron chi connectivity index (χ3n) is 2.90. The second-order valence-electron chi connectivity index (χ2n) is 4.57. The van der Waals surface area contributed by atoms with Crippen LogP contribution in [0.25, 0.3) is 0 Å². The summed E-state index contributed by atoms with van der Waals surface area (Å²) in [5.74, 6) is 0.394. The first-order valence-corrected chi connectivity index (χ1v) is 6.28. The van der Waals surface area contributed by atoms with E-state index in [0.29, 0.717) is 12.4 Å². The van der Waals surface area contributed by atoms with E-state index in [2.05, 4.69) is 15.6 Å². The predicted molar refractivity (Wildman–Crippen MR) is 70.9 cm³/mol. The molecule has 2 aromatic heterocycles. The molecule has 1 atom stereocenters. The van der Waals surface area contributed by atoms with Crippen LogP contribution in [0, 0.1) is 6.92 Å². The van der Waals surface area contributed by atoms with Crippen molar-refractivity contribution in [3.63, 3.8) is 0 Å². The van der Waals surface area contributed by atoms with Gasteiger partial charge in [-0.05, 0) is 13.0 Å². The number of rotatable bonds is 6. The molecular formula is C13H18N4O3. The fourth-order valence-corrected chi connectivity index (χ4v) is 2.00. The number of aryl methyl sites for hydroxylation is 2. The summed E-state index contributed by atoms with van der Waals surface area (Å²) in [6.07, 6.45) is 1.84. The standard InChI is InChI=1S/C13H18N4O3/c1-9-6-10(20-16-9)7-13(18)15-11(8-19-3)12-4-5-14-17(12)2/h4-6,11H,7-8H2,1-3H3,(H,15,18)/t11-/m1/s1. The van der Waals surface area contributed by atoms with Gasteiger partial charge >= 0.3 is 0 Å². The number of nitrogens with one attached hydrogen (secondary N) is 1. The zero-order valence-electron chi connectivity index (χ0n) is 11.8. The van der Waals surface area contributed by atoms with Gasteiger partial charge in [-0.1, -0.05) is 5.16 Å². The molecule has 7 nitrogen and oxygen atoms in total. The molecule has 0 bridgehead atoms. The zero-order chi connectivity index (χ0) is 14.5. The van der Waals surface area contributed by atoms with E-state index in [0.717, 1.165) is 11.4 Å². The van der Waals surface area contributed by atoms with Crippen LogP contribution in [0.1, 0.15) is 23.2 Å². The molecule has 0 aliphatic rings. The summed E-state index contributed by atoms with van der Waals surface area (Å²) in [5.41, 5.74) is 1.64. The molecule has 108 valence electrons. The maximum atomic E-state index is 12.0. The van der Waals surface area contributed by atoms with Crippen LogP contribution in [0.4, 0.5) is 0 Å². The van der Waals surface area contributed by atoms with Gasteiger partial charge in [0.2, 0.25) is 5.91 Å². The Bertz CT molecular complexity index is 576. The highest BCUT2D eigenvalue weighted by atomic mass is 16.5. The highest BCUT2D eigenvalue weighted by Crippen LogP contribution is 2.12. The van der Waals surface area contributed by atoms with Crippen molar-refractivity contribution in [3.05, 3.63) is 35.5 Å². The summed E-state index contributed by atoms with van der Waals surface area (Å²) in [4.78, 5) is 12.0. The SMILES string of the molecule is COC[C@@H](NC(=O)Cc1cc(C)no1)c1ccnn1C. The summed E-state index contributed by atoms with van der Waals surface area (Å²) in [6, 6.07) is 3.35. The first kappa shape index (κ1) is 14.3. The van der Waals surface area contributed by atoms with Gasteiger partial charge in [0.1, 0.15) is 5.76 Å². The second-order valence-corrected chi connectivity index (χ2v) is 4.57. The third kappa shape index (κ3) is 3.45. The van der Waals surface area contributed by atoms with Crippen molar-refractivity contribution in [2.45, 2.75) is 19.4 Å². The van der Waals surface area contributed by atoms with Gasteiger partial charge in [0.25, 0.3) is 0 Å². The molecule has 20 heavy (non-hydrogen) atoms. The summed E-state index contributed by atoms with van der Waals surface area (Å²) in [7, 11) is 3.42. The summed E-state index contributed by atoms with van der Waals surface area (Å²) < 4.78 is 11.9. The Morgan fingerprint density at radius 2 is 2.40 bits per heavy atom. The fraction of sp³-hybridized carbons (Fsp3) is 0.462. The van der Waals surface area contributed by atoms with Crippen LogP contribution in [0.15, 0.2) is 22.9 Å². The van der Waals surface area contributed by atoms with Gasteiger partial charge in [-0.25, -0.2) is 0 Å². The molecule has 0 saturated carbocycles. The molecule has 1 N–H and O–H groups in total. The highest BCUT2D eigenvalue weighted by Gasteiger charge is 2.18. The molecule has 1 amide bonds. The maximum absolute atomic E-state index is 12.0. The highest BCUT2D eigenvalue weighted by molar-refractivity contribution is 5.78. The first-order valence-electron chi connectivity index (χ1n) is 6.28. The Balaban J connectivity index is 2.01. The van der Waals surface area contributed by atoms with Crippen molar-refractivity contribution in [3.8, 4) is 0 Å². The smallest absolute Gasteiger partial charge is 0.228 e. The molecule has 0 spiro atoms. The van der Waals surface area contributed by atoms with Crippen LogP contribution < -0.4 is 5.32 Å². The van der Waals surface area contributed by atoms with Crippen molar-refractivity contribution in [1.82, 2.24) is 20.3 Å². The Hall–Kier alpha value is -2.15. The molecule has 0 fully saturated rings. The van der Waals surface area contributed by atoms with E-state index in [-0.39, 0.29) is 18.4 Å². The van der Waals surface area contributed by atoms with Crippen LogP contribution in [-0.2, 0) is 23.0 Å². The number of ether oxygens (including phenoxy) is 1. The average molecular weight is 278 g/mol. The van der Waals surface area contributed by atoms with E-state index in [4.69, 9.17) is 9.26 Å². The lowest BCUT2D eigenvalue weighted by atomic mass is 10.2. The minimum atomic E-state index is -0.246. The molecular weight excluding hydrogens is 260 g/mol. The molecule has 0 aromatic carbocycles. The van der Waals surface area contributed by atoms with Crippen LogP contribution >= 0.6 is 0 Å². The summed E-state index contributed by atoms with van der Waals surface area (Å²) >= 11 is 0. The summed E-state index contributed by atoms with van der Waals surface area (Å²) in [6.45, 7) is 2.19. The number of amides is 1. The molecule has 2 heterocycles. The molecule has 0 radical (unpaired) electrons. The molecule has 0 unspecified atom stereocenters. The maximum Gasteiger partial charge on any atom is 0.228 e. The average Bonchev–Trinajstić information content (AvgIpc) is 2.98. The van der Waals surface area contributed by atoms with E-state index in [1.807, 2.05) is 20.0 Å². The minimum Gasteiger partial charge on any atom is -0.382 e. The quantitative estimate of drug-likeness (QED) is 0.843. The van der Waals surface area contributed by atoms with Gasteiger partial charge in [0, 0.05) is 26.4 Å². The second kappa shape index (κ2) is 6.33. The predicted octanol–water partition coefficient (Wildman–Crippen LogP) is 0.763. The lowest BCUT2D eigenvalue weighted by Crippen LogP contribution is -2.33. The van der Waals surface area contributed by atoms with Gasteiger partial charge in [-0.15, -0.1) is 0 Å². The van der Waals surface area contributed by atoms with Crippen LogP contribution in [0.3, 0.4) is 0 Å². The van der Waals surface area contributed by atoms with E-state index < -0.39 is 0 Å². The Morgan fingerprint density at radius 3 is 2.95 bits per heavy atom. The Morgan fingerprint density at radius 1 is 1.60 bits per heavy atom. The number of aromatic nitrogens is 3. The molecule has 7 heteroatoms. The minimum absolute atomic E-state index is 0.149. The fourth-order valence-electron chi connectivity index (χ4n) is 2.00. The van der Waals surface area contributed by atoms with E-state index in [9.17, 15) is 4.79 Å². The summed E-state index contributed by atoms with van der Waals surface area (Å²) in [5, 5.41) is 10.8. The molecule has 2 rings (SSSR count). The van der Waals surface area contributed by atoms with Crippen LogP contribution in [0.5, 0.6) is 0 Å². The molecule has 2 aromatic rings. The number of methoxy groups -OCH3 is 1. The Labute approximate surface area is 116 Å². The van der Waals surface area contributed by atoms with Crippen molar-refractivity contribution < 1.29 is 14.1 Å². The number of nitrogens with zero attached hydrogens (tertiary/aromatic N) is 3. The van der Waals surface area contributed by atoms with Crippen LogP contribution in [0.2, 0.25) is 0 Å². The van der Waals surface area contributed by atoms with Gasteiger partial charge in [-0.2, -0.15) is 5.10 Å². The van der Waals surface area contributed by atoms with Gasteiger partial charge < -0.3 is 14.6 Å². The topological polar surface area (TPSA) is 82.2 Å². The number of carbonyl (C=O) groups is 1. The van der Waals surface area contributed by atoms with Crippen molar-refractivity contribution in [2.75, 3.05) is 13.7 Å². The van der Waals surface area contributed by atoms with E-state index in [1.165, 1.54) is 0 Å². The van der Waals surface area contributed by atoms with E-state index in [1.54, 1.807) is 24.1 Å². The van der Waals surface area contributed by atoms with Gasteiger partial charge in [0.15, 0.2) is 0 Å². The first-order chi connectivity index (χ1) is 9.60. The van der Waals surface area contributed by atoms with Crippen molar-refractivity contribution in [1.29, 1.82) is 0 Å². The number of hydrogen-bond donors (Lipinski definition) is 1. The largest absolute Gasteiger partial charge is 0.382 e. The Kier molecular flexibility index (Phi) is 4.52. The lowest BCUT2D eigenvalue weighted by Gasteiger charge is -2.17. The van der Waals surface area contributed by atoms with Gasteiger partial charge in [0.05, 0.1) is 30.5 Å². The monoisotopic (exact) mass is 278 g/mol.